The average Bonchev–Trinajstić information content (AvgIpc) is 2.59. The Balaban J connectivity index is 1.74. The summed E-state index contributed by atoms with van der Waals surface area (Å²) in [5, 5.41) is 0. The summed E-state index contributed by atoms with van der Waals surface area (Å²) in [6.07, 6.45) is 8.70. The highest BCUT2D eigenvalue weighted by atomic mass is 35.5. The van der Waals surface area contributed by atoms with Gasteiger partial charge in [0, 0.05) is 44.6 Å². The molecule has 16 heavy (non-hydrogen) atoms. The van der Waals surface area contributed by atoms with E-state index in [4.69, 9.17) is 11.6 Å². The zero-order valence-corrected chi connectivity index (χ0v) is 11.1. The molecular weight excluding hydrogens is 220 g/mol. The molecule has 3 heteroatoms. The average molecular weight is 245 g/mol. The minimum atomic E-state index is 0.781. The zero-order chi connectivity index (χ0) is 11.2. The zero-order valence-electron chi connectivity index (χ0n) is 10.3. The molecule has 1 saturated carbocycles. The first kappa shape index (κ1) is 12.7. The van der Waals surface area contributed by atoms with E-state index in [1.54, 1.807) is 0 Å². The molecule has 2 fully saturated rings. The molecule has 0 N–H and O–H groups in total. The number of halogens is 1. The second kappa shape index (κ2) is 6.83. The van der Waals surface area contributed by atoms with E-state index >= 15 is 0 Å². The van der Waals surface area contributed by atoms with Crippen molar-refractivity contribution >= 4 is 11.6 Å². The van der Waals surface area contributed by atoms with Crippen molar-refractivity contribution in [3.05, 3.63) is 0 Å². The van der Waals surface area contributed by atoms with Crippen LogP contribution in [0.5, 0.6) is 0 Å². The first-order valence-electron chi connectivity index (χ1n) is 6.92. The van der Waals surface area contributed by atoms with Gasteiger partial charge in [-0.15, -0.1) is 11.6 Å². The van der Waals surface area contributed by atoms with Crippen LogP contribution in [0.2, 0.25) is 0 Å². The Morgan fingerprint density at radius 3 is 2.06 bits per heavy atom. The third-order valence-corrected chi connectivity index (χ3v) is 4.32. The molecule has 0 bridgehead atoms. The van der Waals surface area contributed by atoms with Crippen LogP contribution in [0.15, 0.2) is 0 Å². The molecule has 0 aromatic rings. The van der Waals surface area contributed by atoms with E-state index in [9.17, 15) is 0 Å². The molecule has 1 aliphatic carbocycles. The fourth-order valence-electron chi connectivity index (χ4n) is 3.09. The highest BCUT2D eigenvalue weighted by Crippen LogP contribution is 2.22. The topological polar surface area (TPSA) is 6.48 Å². The van der Waals surface area contributed by atoms with Crippen LogP contribution >= 0.6 is 11.6 Å². The summed E-state index contributed by atoms with van der Waals surface area (Å²) in [4.78, 5) is 5.23. The summed E-state index contributed by atoms with van der Waals surface area (Å²) in [6.45, 7) is 6.05. The number of nitrogens with zero attached hydrogens (tertiary/aromatic N) is 2. The van der Waals surface area contributed by atoms with Crippen LogP contribution in [-0.2, 0) is 0 Å². The molecule has 0 spiro atoms. The normalized spacial score (nSPS) is 26.8. The fourth-order valence-corrected chi connectivity index (χ4v) is 3.33. The molecule has 0 atom stereocenters. The molecule has 1 saturated heterocycles. The third kappa shape index (κ3) is 3.61. The second-order valence-electron chi connectivity index (χ2n) is 5.21. The van der Waals surface area contributed by atoms with Gasteiger partial charge in [-0.05, 0) is 12.8 Å². The largest absolute Gasteiger partial charge is 0.300 e. The van der Waals surface area contributed by atoms with Crippen molar-refractivity contribution in [2.45, 2.75) is 44.6 Å². The maximum Gasteiger partial charge on any atom is 0.0351 e. The molecule has 0 aromatic heterocycles. The first-order chi connectivity index (χ1) is 7.90. The molecule has 2 rings (SSSR count). The van der Waals surface area contributed by atoms with Crippen LogP contribution in [0.4, 0.5) is 0 Å². The van der Waals surface area contributed by atoms with E-state index < -0.39 is 0 Å². The number of hydrogen-bond donors (Lipinski definition) is 0. The highest BCUT2D eigenvalue weighted by molar-refractivity contribution is 6.18. The van der Waals surface area contributed by atoms with Gasteiger partial charge < -0.3 is 0 Å². The van der Waals surface area contributed by atoms with Crippen molar-refractivity contribution in [2.75, 3.05) is 38.6 Å². The predicted octanol–water partition coefficient (Wildman–Crippen LogP) is 2.57. The van der Waals surface area contributed by atoms with Gasteiger partial charge in [-0.25, -0.2) is 0 Å². The van der Waals surface area contributed by atoms with E-state index in [-0.39, 0.29) is 0 Å². The standard InChI is InChI=1S/C13H25ClN2/c14-7-8-15-9-11-16(12-10-15)13-5-3-1-2-4-6-13/h13H,1-12H2. The lowest BCUT2D eigenvalue weighted by atomic mass is 10.1. The minimum Gasteiger partial charge on any atom is -0.300 e. The summed E-state index contributed by atoms with van der Waals surface area (Å²) in [6, 6.07) is 0.889. The van der Waals surface area contributed by atoms with Crippen molar-refractivity contribution in [1.29, 1.82) is 0 Å². The van der Waals surface area contributed by atoms with Crippen molar-refractivity contribution in [1.82, 2.24) is 9.80 Å². The summed E-state index contributed by atoms with van der Waals surface area (Å²) in [5.41, 5.74) is 0. The molecule has 0 amide bonds. The number of rotatable bonds is 3. The molecular formula is C13H25ClN2. The van der Waals surface area contributed by atoms with Crippen LogP contribution in [0.3, 0.4) is 0 Å². The van der Waals surface area contributed by atoms with Gasteiger partial charge in [0.15, 0.2) is 0 Å². The van der Waals surface area contributed by atoms with Gasteiger partial charge in [0.1, 0.15) is 0 Å². The van der Waals surface area contributed by atoms with Gasteiger partial charge in [-0.3, -0.25) is 9.80 Å². The molecule has 2 aliphatic rings. The summed E-state index contributed by atoms with van der Waals surface area (Å²) < 4.78 is 0. The van der Waals surface area contributed by atoms with E-state index in [1.807, 2.05) is 0 Å². The van der Waals surface area contributed by atoms with Crippen molar-refractivity contribution in [3.8, 4) is 0 Å². The summed E-state index contributed by atoms with van der Waals surface area (Å²) >= 11 is 5.79. The molecule has 94 valence electrons. The maximum atomic E-state index is 5.79. The second-order valence-corrected chi connectivity index (χ2v) is 5.59. The number of alkyl halides is 1. The lowest BCUT2D eigenvalue weighted by Crippen LogP contribution is -2.50. The molecule has 0 unspecified atom stereocenters. The Hall–Kier alpha value is 0.210. The van der Waals surface area contributed by atoms with Gasteiger partial charge in [0.2, 0.25) is 0 Å². The summed E-state index contributed by atoms with van der Waals surface area (Å²) in [7, 11) is 0. The van der Waals surface area contributed by atoms with Crippen LogP contribution in [0.25, 0.3) is 0 Å². The van der Waals surface area contributed by atoms with E-state index in [0.717, 1.165) is 18.5 Å². The molecule has 1 heterocycles. The van der Waals surface area contributed by atoms with Gasteiger partial charge in [0.05, 0.1) is 0 Å². The predicted molar refractivity (Wildman–Crippen MR) is 70.2 cm³/mol. The fraction of sp³-hybridized carbons (Fsp3) is 1.00. The minimum absolute atomic E-state index is 0.781. The summed E-state index contributed by atoms with van der Waals surface area (Å²) in [5.74, 6) is 0.781. The van der Waals surface area contributed by atoms with E-state index in [2.05, 4.69) is 9.80 Å². The Morgan fingerprint density at radius 1 is 0.875 bits per heavy atom. The molecule has 2 nitrogen and oxygen atoms in total. The van der Waals surface area contributed by atoms with Gasteiger partial charge in [-0.1, -0.05) is 25.7 Å². The van der Waals surface area contributed by atoms with Crippen molar-refractivity contribution < 1.29 is 0 Å². The quantitative estimate of drug-likeness (QED) is 0.556. The molecule has 1 aliphatic heterocycles. The Labute approximate surface area is 105 Å². The Kier molecular flexibility index (Phi) is 5.40. The van der Waals surface area contributed by atoms with Gasteiger partial charge in [-0.2, -0.15) is 0 Å². The third-order valence-electron chi connectivity index (χ3n) is 4.15. The van der Waals surface area contributed by atoms with Gasteiger partial charge in [0.25, 0.3) is 0 Å². The van der Waals surface area contributed by atoms with E-state index in [1.165, 1.54) is 64.7 Å². The monoisotopic (exact) mass is 244 g/mol. The van der Waals surface area contributed by atoms with Crippen LogP contribution < -0.4 is 0 Å². The maximum absolute atomic E-state index is 5.79. The smallest absolute Gasteiger partial charge is 0.0351 e. The lowest BCUT2D eigenvalue weighted by molar-refractivity contribution is 0.0926. The van der Waals surface area contributed by atoms with Crippen molar-refractivity contribution in [3.63, 3.8) is 0 Å². The number of hydrogen-bond acceptors (Lipinski definition) is 2. The van der Waals surface area contributed by atoms with Crippen LogP contribution in [0, 0.1) is 0 Å². The Bertz CT molecular complexity index is 182. The van der Waals surface area contributed by atoms with Crippen LogP contribution in [-0.4, -0.2) is 54.4 Å². The molecule has 0 aromatic carbocycles. The molecule has 0 radical (unpaired) electrons. The number of piperazine rings is 1. The lowest BCUT2D eigenvalue weighted by Gasteiger charge is -2.39. The Morgan fingerprint density at radius 2 is 1.50 bits per heavy atom. The van der Waals surface area contributed by atoms with E-state index in [0.29, 0.717) is 0 Å². The van der Waals surface area contributed by atoms with Crippen molar-refractivity contribution in [2.24, 2.45) is 0 Å². The first-order valence-corrected chi connectivity index (χ1v) is 7.46. The highest BCUT2D eigenvalue weighted by Gasteiger charge is 2.23. The van der Waals surface area contributed by atoms with Gasteiger partial charge >= 0.3 is 0 Å². The van der Waals surface area contributed by atoms with Crippen LogP contribution in [0.1, 0.15) is 38.5 Å². The SMILES string of the molecule is ClCCN1CCN(C2CCCCCC2)CC1.